The van der Waals surface area contributed by atoms with Crippen molar-refractivity contribution in [2.75, 3.05) is 0 Å². The van der Waals surface area contributed by atoms with Crippen LogP contribution in [0.4, 0.5) is 4.39 Å². The third-order valence-electron chi connectivity index (χ3n) is 3.24. The third kappa shape index (κ3) is 3.74. The number of nitrogens with zero attached hydrogens (tertiary/aromatic N) is 2. The van der Waals surface area contributed by atoms with E-state index in [4.69, 9.17) is 0 Å². The first kappa shape index (κ1) is 14.8. The Morgan fingerprint density at radius 3 is 2.39 bits per heavy atom. The molecule has 4 heteroatoms. The average Bonchev–Trinajstić information content (AvgIpc) is 2.61. The molecule has 0 aliphatic heterocycles. The minimum atomic E-state index is -0.431. The van der Waals surface area contributed by atoms with Crippen LogP contribution in [-0.4, -0.2) is 15.8 Å². The second-order valence-corrected chi connectivity index (χ2v) is 4.91. The molecular formula is C19H13FN2O. The molecule has 0 unspecified atom stereocenters. The van der Waals surface area contributed by atoms with Crippen molar-refractivity contribution in [3.05, 3.63) is 90.0 Å². The molecule has 0 fully saturated rings. The summed E-state index contributed by atoms with van der Waals surface area (Å²) in [6.45, 7) is 0. The summed E-state index contributed by atoms with van der Waals surface area (Å²) >= 11 is 0. The average molecular weight is 304 g/mol. The predicted octanol–water partition coefficient (Wildman–Crippen LogP) is 4.18. The van der Waals surface area contributed by atoms with Crippen molar-refractivity contribution in [1.29, 1.82) is 0 Å². The van der Waals surface area contributed by atoms with Crippen molar-refractivity contribution < 1.29 is 9.18 Å². The lowest BCUT2D eigenvalue weighted by molar-refractivity contribution is 0.104. The first-order valence-corrected chi connectivity index (χ1v) is 7.08. The highest BCUT2D eigenvalue weighted by Crippen LogP contribution is 2.14. The summed E-state index contributed by atoms with van der Waals surface area (Å²) in [4.78, 5) is 20.5. The van der Waals surface area contributed by atoms with Crippen LogP contribution >= 0.6 is 0 Å². The van der Waals surface area contributed by atoms with E-state index in [1.165, 1.54) is 24.3 Å². The Hall–Kier alpha value is -3.14. The summed E-state index contributed by atoms with van der Waals surface area (Å²) in [6, 6.07) is 15.2. The molecule has 0 atom stereocenters. The molecule has 0 saturated carbocycles. The van der Waals surface area contributed by atoms with Crippen LogP contribution in [0, 0.1) is 5.82 Å². The Morgan fingerprint density at radius 1 is 0.957 bits per heavy atom. The predicted molar refractivity (Wildman–Crippen MR) is 87.2 cm³/mol. The van der Waals surface area contributed by atoms with Gasteiger partial charge in [-0.2, -0.15) is 0 Å². The van der Waals surface area contributed by atoms with Crippen LogP contribution in [0.25, 0.3) is 17.5 Å². The zero-order valence-electron chi connectivity index (χ0n) is 12.2. The van der Waals surface area contributed by atoms with Crippen LogP contribution in [0.2, 0.25) is 0 Å². The molecule has 3 nitrogen and oxygen atoms in total. The highest BCUT2D eigenvalue weighted by molar-refractivity contribution is 6.06. The lowest BCUT2D eigenvalue weighted by Crippen LogP contribution is -1.95. The molecule has 3 aromatic rings. The molecule has 1 heterocycles. The van der Waals surface area contributed by atoms with Gasteiger partial charge in [0.1, 0.15) is 5.82 Å². The van der Waals surface area contributed by atoms with Crippen molar-refractivity contribution in [1.82, 2.24) is 9.97 Å². The van der Waals surface area contributed by atoms with E-state index in [9.17, 15) is 9.18 Å². The van der Waals surface area contributed by atoms with Crippen molar-refractivity contribution in [2.45, 2.75) is 0 Å². The molecule has 0 aliphatic rings. The fourth-order valence-electron chi connectivity index (χ4n) is 2.07. The van der Waals surface area contributed by atoms with Crippen LogP contribution in [-0.2, 0) is 0 Å². The molecule has 112 valence electrons. The van der Waals surface area contributed by atoms with Crippen molar-refractivity contribution >= 4 is 11.9 Å². The van der Waals surface area contributed by atoms with Gasteiger partial charge >= 0.3 is 0 Å². The minimum Gasteiger partial charge on any atom is -0.289 e. The van der Waals surface area contributed by atoms with Gasteiger partial charge in [-0.25, -0.2) is 14.4 Å². The minimum absolute atomic E-state index is 0.267. The lowest BCUT2D eigenvalue weighted by atomic mass is 10.1. The summed E-state index contributed by atoms with van der Waals surface area (Å²) in [5.41, 5.74) is 1.94. The Morgan fingerprint density at radius 2 is 1.70 bits per heavy atom. The first-order chi connectivity index (χ1) is 11.2. The molecule has 0 amide bonds. The van der Waals surface area contributed by atoms with Gasteiger partial charge in [-0.05, 0) is 24.3 Å². The topological polar surface area (TPSA) is 42.9 Å². The number of hydrogen-bond donors (Lipinski definition) is 0. The van der Waals surface area contributed by atoms with Crippen molar-refractivity contribution in [3.63, 3.8) is 0 Å². The number of hydrogen-bond acceptors (Lipinski definition) is 3. The maximum Gasteiger partial charge on any atom is 0.185 e. The second kappa shape index (κ2) is 6.75. The van der Waals surface area contributed by atoms with Gasteiger partial charge < -0.3 is 0 Å². The normalized spacial score (nSPS) is 10.8. The Kier molecular flexibility index (Phi) is 4.34. The van der Waals surface area contributed by atoms with E-state index < -0.39 is 5.82 Å². The largest absolute Gasteiger partial charge is 0.289 e. The molecular weight excluding hydrogens is 291 g/mol. The van der Waals surface area contributed by atoms with Crippen molar-refractivity contribution in [2.24, 2.45) is 0 Å². The molecule has 0 N–H and O–H groups in total. The Bertz CT molecular complexity index is 843. The van der Waals surface area contributed by atoms with E-state index in [1.807, 2.05) is 30.3 Å². The van der Waals surface area contributed by atoms with Crippen LogP contribution in [0.3, 0.4) is 0 Å². The number of halogens is 1. The van der Waals surface area contributed by atoms with Gasteiger partial charge in [0.2, 0.25) is 0 Å². The van der Waals surface area contributed by atoms with E-state index in [1.54, 1.807) is 24.5 Å². The second-order valence-electron chi connectivity index (χ2n) is 4.91. The summed E-state index contributed by atoms with van der Waals surface area (Å²) in [7, 11) is 0. The molecule has 0 aliphatic carbocycles. The van der Waals surface area contributed by atoms with Gasteiger partial charge in [0.25, 0.3) is 0 Å². The number of carbonyl (C=O) groups is 1. The van der Waals surface area contributed by atoms with Gasteiger partial charge in [-0.3, -0.25) is 4.79 Å². The molecule has 0 bridgehead atoms. The summed E-state index contributed by atoms with van der Waals surface area (Å²) in [6.07, 6.45) is 6.28. The molecule has 0 spiro atoms. The first-order valence-electron chi connectivity index (χ1n) is 7.08. The quantitative estimate of drug-likeness (QED) is 0.536. The van der Waals surface area contributed by atoms with E-state index in [-0.39, 0.29) is 5.78 Å². The number of benzene rings is 2. The fraction of sp³-hybridized carbons (Fsp3) is 0. The number of rotatable bonds is 4. The summed E-state index contributed by atoms with van der Waals surface area (Å²) in [5, 5.41) is 0. The third-order valence-corrected chi connectivity index (χ3v) is 3.24. The standard InChI is InChI=1S/C19H13FN2O/c20-17-8-4-7-16(11-17)18(23)10-9-14-12-21-19(22-13-14)15-5-2-1-3-6-15/h1-13H/b10-9-. The highest BCUT2D eigenvalue weighted by atomic mass is 19.1. The SMILES string of the molecule is O=C(/C=C\c1cnc(-c2ccccc2)nc1)c1cccc(F)c1. The number of carbonyl (C=O) groups excluding carboxylic acids is 1. The van der Waals surface area contributed by atoms with Crippen LogP contribution in [0.5, 0.6) is 0 Å². The van der Waals surface area contributed by atoms with E-state index in [0.29, 0.717) is 17.0 Å². The lowest BCUT2D eigenvalue weighted by Gasteiger charge is -2.00. The van der Waals surface area contributed by atoms with Gasteiger partial charge in [0.05, 0.1) is 0 Å². The highest BCUT2D eigenvalue weighted by Gasteiger charge is 2.03. The summed E-state index contributed by atoms with van der Waals surface area (Å²) in [5.74, 6) is -0.0735. The maximum absolute atomic E-state index is 13.1. The van der Waals surface area contributed by atoms with Gasteiger partial charge in [-0.15, -0.1) is 0 Å². The Labute approximate surface area is 133 Å². The van der Waals surface area contributed by atoms with E-state index in [2.05, 4.69) is 9.97 Å². The smallest absolute Gasteiger partial charge is 0.185 e. The van der Waals surface area contributed by atoms with E-state index >= 15 is 0 Å². The van der Waals surface area contributed by atoms with Gasteiger partial charge in [-0.1, -0.05) is 42.5 Å². The zero-order chi connectivity index (χ0) is 16.1. The van der Waals surface area contributed by atoms with Gasteiger partial charge in [0.15, 0.2) is 11.6 Å². The number of aromatic nitrogens is 2. The van der Waals surface area contributed by atoms with Crippen LogP contribution < -0.4 is 0 Å². The maximum atomic E-state index is 13.1. The molecule has 0 radical (unpaired) electrons. The van der Waals surface area contributed by atoms with Gasteiger partial charge in [0, 0.05) is 29.1 Å². The number of allylic oxidation sites excluding steroid dienone is 1. The monoisotopic (exact) mass is 304 g/mol. The van der Waals surface area contributed by atoms with Crippen LogP contribution in [0.1, 0.15) is 15.9 Å². The zero-order valence-corrected chi connectivity index (χ0v) is 12.2. The number of ketones is 1. The van der Waals surface area contributed by atoms with Crippen molar-refractivity contribution in [3.8, 4) is 11.4 Å². The molecule has 0 saturated heterocycles. The molecule has 1 aromatic heterocycles. The fourth-order valence-corrected chi connectivity index (χ4v) is 2.07. The van der Waals surface area contributed by atoms with E-state index in [0.717, 1.165) is 5.56 Å². The molecule has 3 rings (SSSR count). The Balaban J connectivity index is 1.74. The summed E-state index contributed by atoms with van der Waals surface area (Å²) < 4.78 is 13.1. The molecule has 23 heavy (non-hydrogen) atoms. The molecule has 2 aromatic carbocycles. The van der Waals surface area contributed by atoms with Crippen LogP contribution in [0.15, 0.2) is 73.1 Å².